The minimum absolute atomic E-state index is 0.00634. The van der Waals surface area contributed by atoms with Gasteiger partial charge in [0.25, 0.3) is 5.91 Å². The summed E-state index contributed by atoms with van der Waals surface area (Å²) in [6.45, 7) is 0.0287. The minimum atomic E-state index is -4.80. The van der Waals surface area contributed by atoms with Gasteiger partial charge in [-0.05, 0) is 30.7 Å². The van der Waals surface area contributed by atoms with Gasteiger partial charge in [-0.1, -0.05) is 0 Å². The number of carbonyl (C=O) groups is 3. The molecule has 0 atom stereocenters. The summed E-state index contributed by atoms with van der Waals surface area (Å²) < 4.78 is 45.0. The summed E-state index contributed by atoms with van der Waals surface area (Å²) in [5, 5.41) is 4.56. The zero-order chi connectivity index (χ0) is 21.7. The van der Waals surface area contributed by atoms with E-state index >= 15 is 0 Å². The van der Waals surface area contributed by atoms with Gasteiger partial charge in [-0.15, -0.1) is 24.5 Å². The number of carbonyl (C=O) groups excluding carboxylic acids is 3. The number of nitrogens with one attached hydrogen (secondary N) is 1. The van der Waals surface area contributed by atoms with Gasteiger partial charge in [0.15, 0.2) is 11.7 Å². The van der Waals surface area contributed by atoms with Crippen LogP contribution in [0.4, 0.5) is 24.0 Å². The van der Waals surface area contributed by atoms with Crippen molar-refractivity contribution in [3.63, 3.8) is 0 Å². The number of esters is 1. The van der Waals surface area contributed by atoms with E-state index in [9.17, 15) is 27.6 Å². The second-order valence-electron chi connectivity index (χ2n) is 6.23. The van der Waals surface area contributed by atoms with Gasteiger partial charge < -0.3 is 14.8 Å². The maximum absolute atomic E-state index is 12.1. The summed E-state index contributed by atoms with van der Waals surface area (Å²) in [6, 6.07) is 4.52. The van der Waals surface area contributed by atoms with Gasteiger partial charge in [0.1, 0.15) is 5.75 Å². The summed E-state index contributed by atoms with van der Waals surface area (Å²) in [7, 11) is 0. The zero-order valence-corrected chi connectivity index (χ0v) is 16.2. The highest BCUT2D eigenvalue weighted by molar-refractivity contribution is 7.14. The molecule has 2 aromatic rings. The molecule has 1 aromatic heterocycles. The molecule has 2 heterocycles. The van der Waals surface area contributed by atoms with Crippen LogP contribution < -0.4 is 15.0 Å². The lowest BCUT2D eigenvalue weighted by Gasteiger charge is -2.10. The summed E-state index contributed by atoms with van der Waals surface area (Å²) in [5.74, 6) is -1.77. The Labute approximate surface area is 172 Å². The third-order valence-corrected chi connectivity index (χ3v) is 4.82. The van der Waals surface area contributed by atoms with Crippen LogP contribution in [0, 0.1) is 0 Å². The molecule has 0 unspecified atom stereocenters. The largest absolute Gasteiger partial charge is 0.573 e. The van der Waals surface area contributed by atoms with Crippen LogP contribution >= 0.6 is 11.3 Å². The van der Waals surface area contributed by atoms with E-state index in [1.165, 1.54) is 23.5 Å². The lowest BCUT2D eigenvalue weighted by Crippen LogP contribution is -2.23. The Hall–Kier alpha value is -3.15. The van der Waals surface area contributed by atoms with Crippen LogP contribution in [0.5, 0.6) is 5.75 Å². The highest BCUT2D eigenvalue weighted by Gasteiger charge is 2.31. The molecule has 1 aliphatic rings. The Kier molecular flexibility index (Phi) is 6.55. The number of hydrogen-bond donors (Lipinski definition) is 1. The standard InChI is InChI=1S/C18H16F3N3O5S/c19-18(20,21)29-13-5-3-11(4-6-13)22-14(25)9-28-16(27)8-12-10-30-17(23-12)24-7-1-2-15(24)26/h3-6,10H,1-2,7-9H2,(H,22,25). The van der Waals surface area contributed by atoms with E-state index in [1.54, 1.807) is 10.3 Å². The number of hydrogen-bond acceptors (Lipinski definition) is 7. The molecular weight excluding hydrogens is 427 g/mol. The molecule has 0 aliphatic carbocycles. The van der Waals surface area contributed by atoms with Crippen LogP contribution in [-0.4, -0.2) is 42.3 Å². The van der Waals surface area contributed by atoms with E-state index in [-0.39, 0.29) is 18.0 Å². The van der Waals surface area contributed by atoms with Crippen molar-refractivity contribution in [1.82, 2.24) is 4.98 Å². The van der Waals surface area contributed by atoms with E-state index in [2.05, 4.69) is 15.0 Å². The summed E-state index contributed by atoms with van der Waals surface area (Å²) in [5.41, 5.74) is 0.644. The number of nitrogens with zero attached hydrogens (tertiary/aromatic N) is 2. The Bertz CT molecular complexity index is 930. The SMILES string of the molecule is O=C(COC(=O)Cc1csc(N2CCCC2=O)n1)Nc1ccc(OC(F)(F)F)cc1. The Morgan fingerprint density at radius 2 is 1.97 bits per heavy atom. The van der Waals surface area contributed by atoms with Gasteiger partial charge in [-0.25, -0.2) is 4.98 Å². The van der Waals surface area contributed by atoms with Crippen LogP contribution in [0.1, 0.15) is 18.5 Å². The van der Waals surface area contributed by atoms with Gasteiger partial charge in [0.2, 0.25) is 5.91 Å². The molecule has 1 N–H and O–H groups in total. The first kappa shape index (κ1) is 21.6. The molecule has 0 saturated carbocycles. The Morgan fingerprint density at radius 3 is 2.60 bits per heavy atom. The molecule has 30 heavy (non-hydrogen) atoms. The fourth-order valence-electron chi connectivity index (χ4n) is 2.63. The number of halogens is 3. The van der Waals surface area contributed by atoms with Gasteiger partial charge in [0, 0.05) is 24.0 Å². The lowest BCUT2D eigenvalue weighted by molar-refractivity contribution is -0.274. The number of thiazole rings is 1. The van der Waals surface area contributed by atoms with Crippen molar-refractivity contribution in [2.24, 2.45) is 0 Å². The maximum atomic E-state index is 12.1. The predicted molar refractivity (Wildman–Crippen MR) is 100 cm³/mol. The van der Waals surface area contributed by atoms with Crippen LogP contribution in [0.2, 0.25) is 0 Å². The average Bonchev–Trinajstić information content (AvgIpc) is 3.29. The van der Waals surface area contributed by atoms with Crippen molar-refractivity contribution < 1.29 is 37.0 Å². The molecule has 3 rings (SSSR count). The minimum Gasteiger partial charge on any atom is -0.455 e. The molecule has 1 aliphatic heterocycles. The first-order valence-electron chi connectivity index (χ1n) is 8.76. The molecule has 1 fully saturated rings. The van der Waals surface area contributed by atoms with Crippen molar-refractivity contribution in [2.45, 2.75) is 25.6 Å². The summed E-state index contributed by atoms with van der Waals surface area (Å²) in [4.78, 5) is 41.3. The fourth-order valence-corrected chi connectivity index (χ4v) is 3.50. The van der Waals surface area contributed by atoms with Crippen LogP contribution in [0.25, 0.3) is 0 Å². The van der Waals surface area contributed by atoms with Gasteiger partial charge in [-0.2, -0.15) is 0 Å². The molecule has 0 spiro atoms. The third-order valence-electron chi connectivity index (χ3n) is 3.91. The topological polar surface area (TPSA) is 97.8 Å². The maximum Gasteiger partial charge on any atom is 0.573 e. The predicted octanol–water partition coefficient (Wildman–Crippen LogP) is 2.89. The van der Waals surface area contributed by atoms with Crippen molar-refractivity contribution in [1.29, 1.82) is 0 Å². The van der Waals surface area contributed by atoms with Crippen LogP contribution in [-0.2, 0) is 25.5 Å². The lowest BCUT2D eigenvalue weighted by atomic mass is 10.3. The molecular formula is C18H16F3N3O5S. The monoisotopic (exact) mass is 443 g/mol. The van der Waals surface area contributed by atoms with E-state index < -0.39 is 30.6 Å². The smallest absolute Gasteiger partial charge is 0.455 e. The van der Waals surface area contributed by atoms with Gasteiger partial charge >= 0.3 is 12.3 Å². The van der Waals surface area contributed by atoms with Gasteiger partial charge in [0.05, 0.1) is 12.1 Å². The number of anilines is 2. The average molecular weight is 443 g/mol. The molecule has 1 aromatic carbocycles. The second kappa shape index (κ2) is 9.11. The molecule has 0 bridgehead atoms. The quantitative estimate of drug-likeness (QED) is 0.661. The Balaban J connectivity index is 1.43. The van der Waals surface area contributed by atoms with Crippen molar-refractivity contribution in [2.75, 3.05) is 23.4 Å². The zero-order valence-electron chi connectivity index (χ0n) is 15.4. The highest BCUT2D eigenvalue weighted by Crippen LogP contribution is 2.26. The molecule has 0 radical (unpaired) electrons. The van der Waals surface area contributed by atoms with Crippen molar-refractivity contribution in [3.05, 3.63) is 35.3 Å². The molecule has 8 nitrogen and oxygen atoms in total. The fraction of sp³-hybridized carbons (Fsp3) is 0.333. The van der Waals surface area contributed by atoms with Crippen LogP contribution in [0.15, 0.2) is 29.6 Å². The number of alkyl halides is 3. The van der Waals surface area contributed by atoms with Crippen molar-refractivity contribution in [3.8, 4) is 5.75 Å². The van der Waals surface area contributed by atoms with E-state index in [1.807, 2.05) is 0 Å². The number of ether oxygens (including phenoxy) is 2. The molecule has 2 amide bonds. The number of benzene rings is 1. The van der Waals surface area contributed by atoms with E-state index in [0.29, 0.717) is 23.8 Å². The highest BCUT2D eigenvalue weighted by atomic mass is 32.1. The molecule has 1 saturated heterocycles. The summed E-state index contributed by atoms with van der Waals surface area (Å²) in [6.07, 6.45) is -3.72. The van der Waals surface area contributed by atoms with Crippen LogP contribution in [0.3, 0.4) is 0 Å². The molecule has 12 heteroatoms. The van der Waals surface area contributed by atoms with E-state index in [0.717, 1.165) is 18.6 Å². The summed E-state index contributed by atoms with van der Waals surface area (Å²) >= 11 is 1.25. The third kappa shape index (κ3) is 6.17. The first-order valence-corrected chi connectivity index (χ1v) is 9.63. The first-order chi connectivity index (χ1) is 14.2. The number of rotatable bonds is 7. The van der Waals surface area contributed by atoms with E-state index in [4.69, 9.17) is 4.74 Å². The normalized spacial score (nSPS) is 14.0. The Morgan fingerprint density at radius 1 is 1.23 bits per heavy atom. The molecule has 160 valence electrons. The van der Waals surface area contributed by atoms with Crippen molar-refractivity contribution >= 4 is 39.9 Å². The van der Waals surface area contributed by atoms with Gasteiger partial charge in [-0.3, -0.25) is 19.3 Å². The number of aromatic nitrogens is 1. The second-order valence-corrected chi connectivity index (χ2v) is 7.06. The number of amides is 2.